The molecule has 27 heavy (non-hydrogen) atoms. The van der Waals surface area contributed by atoms with Gasteiger partial charge < -0.3 is 9.73 Å². The van der Waals surface area contributed by atoms with Gasteiger partial charge in [0.05, 0.1) is 11.2 Å². The number of furan rings is 1. The molecule has 0 atom stereocenters. The molecule has 2 aromatic carbocycles. The Morgan fingerprint density at radius 1 is 0.963 bits per heavy atom. The lowest BCUT2D eigenvalue weighted by molar-refractivity contribution is 0.0997. The minimum atomic E-state index is -3.57. The number of carbonyl (C=O) groups is 1. The van der Waals surface area contributed by atoms with Crippen LogP contribution < -0.4 is 10.0 Å². The summed E-state index contributed by atoms with van der Waals surface area (Å²) in [6.07, 6.45) is 1.46. The molecule has 7 heteroatoms. The molecule has 2 N–H and O–H groups in total. The Kier molecular flexibility index (Phi) is 5.43. The number of benzene rings is 2. The smallest absolute Gasteiger partial charge is 0.292 e. The third-order valence-electron chi connectivity index (χ3n) is 3.77. The number of sulfonamides is 1. The van der Waals surface area contributed by atoms with Crippen LogP contribution in [0.5, 0.6) is 0 Å². The van der Waals surface area contributed by atoms with E-state index in [-0.39, 0.29) is 16.7 Å². The molecule has 0 spiro atoms. The lowest BCUT2D eigenvalue weighted by Crippen LogP contribution is -2.30. The summed E-state index contributed by atoms with van der Waals surface area (Å²) in [7, 11) is -3.57. The summed E-state index contributed by atoms with van der Waals surface area (Å²) in [5, 5.41) is 2.73. The summed E-state index contributed by atoms with van der Waals surface area (Å²) in [5.74, 6) is -0.214. The van der Waals surface area contributed by atoms with Gasteiger partial charge in [-0.3, -0.25) is 4.79 Å². The Bertz CT molecular complexity index is 1020. The van der Waals surface area contributed by atoms with Crippen molar-refractivity contribution in [1.82, 2.24) is 4.72 Å². The van der Waals surface area contributed by atoms with Crippen LogP contribution in [-0.2, 0) is 10.0 Å². The van der Waals surface area contributed by atoms with Crippen molar-refractivity contribution in [2.24, 2.45) is 0 Å². The summed E-state index contributed by atoms with van der Waals surface area (Å²) in [6.45, 7) is 3.50. The number of amides is 1. The number of hydrogen-bond acceptors (Lipinski definition) is 4. The molecule has 0 aliphatic rings. The highest BCUT2D eigenvalue weighted by Gasteiger charge is 2.18. The Labute approximate surface area is 158 Å². The molecule has 3 aromatic rings. The second-order valence-electron chi connectivity index (χ2n) is 6.28. The first kappa shape index (κ1) is 18.9. The van der Waals surface area contributed by atoms with Gasteiger partial charge >= 0.3 is 0 Å². The van der Waals surface area contributed by atoms with E-state index in [1.807, 2.05) is 30.3 Å². The average Bonchev–Trinajstić information content (AvgIpc) is 3.12. The first-order chi connectivity index (χ1) is 12.9. The molecule has 1 heterocycles. The van der Waals surface area contributed by atoms with E-state index in [2.05, 4.69) is 10.0 Å². The maximum Gasteiger partial charge on any atom is 0.292 e. The monoisotopic (exact) mass is 384 g/mol. The van der Waals surface area contributed by atoms with Gasteiger partial charge in [-0.25, -0.2) is 13.1 Å². The highest BCUT2D eigenvalue weighted by Crippen LogP contribution is 2.25. The molecule has 6 nitrogen and oxygen atoms in total. The molecule has 3 rings (SSSR count). The quantitative estimate of drug-likeness (QED) is 0.675. The molecule has 0 unspecified atom stereocenters. The van der Waals surface area contributed by atoms with Crippen LogP contribution in [0.4, 0.5) is 5.69 Å². The zero-order chi connectivity index (χ0) is 19.4. The molecule has 0 aliphatic carbocycles. The first-order valence-electron chi connectivity index (χ1n) is 8.43. The van der Waals surface area contributed by atoms with Crippen LogP contribution in [0.15, 0.2) is 76.2 Å². The summed E-state index contributed by atoms with van der Waals surface area (Å²) in [4.78, 5) is 12.7. The third kappa shape index (κ3) is 4.45. The van der Waals surface area contributed by atoms with E-state index in [1.165, 1.54) is 30.5 Å². The predicted octanol–water partition coefficient (Wildman–Crippen LogP) is 3.89. The maximum absolute atomic E-state index is 12.6. The van der Waals surface area contributed by atoms with E-state index in [0.717, 1.165) is 5.56 Å². The summed E-state index contributed by atoms with van der Waals surface area (Å²) >= 11 is 0. The number of anilines is 1. The van der Waals surface area contributed by atoms with Crippen molar-refractivity contribution >= 4 is 21.6 Å². The number of nitrogens with one attached hydrogen (secondary N) is 2. The Morgan fingerprint density at radius 3 is 2.26 bits per heavy atom. The Balaban J connectivity index is 1.77. The van der Waals surface area contributed by atoms with Gasteiger partial charge in [0.2, 0.25) is 10.0 Å². The number of hydrogen-bond donors (Lipinski definition) is 2. The molecule has 1 aromatic heterocycles. The number of carbonyl (C=O) groups excluding carboxylic acids is 1. The highest BCUT2D eigenvalue weighted by atomic mass is 32.2. The van der Waals surface area contributed by atoms with Gasteiger partial charge in [0.15, 0.2) is 5.76 Å². The van der Waals surface area contributed by atoms with Crippen molar-refractivity contribution in [2.45, 2.75) is 24.8 Å². The number of rotatable bonds is 6. The van der Waals surface area contributed by atoms with Crippen molar-refractivity contribution in [1.29, 1.82) is 0 Å². The van der Waals surface area contributed by atoms with Crippen LogP contribution in [0.1, 0.15) is 24.4 Å². The normalized spacial score (nSPS) is 11.5. The van der Waals surface area contributed by atoms with Gasteiger partial charge in [-0.2, -0.15) is 0 Å². The van der Waals surface area contributed by atoms with Crippen LogP contribution in [0.2, 0.25) is 0 Å². The van der Waals surface area contributed by atoms with Crippen molar-refractivity contribution in [3.63, 3.8) is 0 Å². The second-order valence-corrected chi connectivity index (χ2v) is 8.00. The van der Waals surface area contributed by atoms with Crippen LogP contribution in [-0.4, -0.2) is 20.4 Å². The zero-order valence-corrected chi connectivity index (χ0v) is 15.8. The van der Waals surface area contributed by atoms with Crippen molar-refractivity contribution in [2.75, 3.05) is 5.32 Å². The fourth-order valence-electron chi connectivity index (χ4n) is 2.61. The van der Waals surface area contributed by atoms with Crippen molar-refractivity contribution in [3.05, 3.63) is 72.7 Å². The summed E-state index contributed by atoms with van der Waals surface area (Å²) < 4.78 is 32.2. The average molecular weight is 384 g/mol. The molecule has 1 amide bonds. The Morgan fingerprint density at radius 2 is 1.63 bits per heavy atom. The van der Waals surface area contributed by atoms with Gasteiger partial charge in [0.25, 0.3) is 5.91 Å². The van der Waals surface area contributed by atoms with E-state index < -0.39 is 15.9 Å². The molecule has 0 aliphatic heterocycles. The van der Waals surface area contributed by atoms with Crippen LogP contribution >= 0.6 is 0 Å². The fraction of sp³-hybridized carbons (Fsp3) is 0.150. The van der Waals surface area contributed by atoms with E-state index in [4.69, 9.17) is 4.42 Å². The van der Waals surface area contributed by atoms with E-state index >= 15 is 0 Å². The zero-order valence-electron chi connectivity index (χ0n) is 15.0. The summed E-state index contributed by atoms with van der Waals surface area (Å²) in [6, 6.07) is 16.9. The van der Waals surface area contributed by atoms with Crippen LogP contribution in [0.3, 0.4) is 0 Å². The molecular formula is C20H20N2O4S. The molecule has 0 fully saturated rings. The van der Waals surface area contributed by atoms with Gasteiger partial charge in [-0.15, -0.1) is 0 Å². The molecular weight excluding hydrogens is 364 g/mol. The van der Waals surface area contributed by atoms with E-state index in [1.54, 1.807) is 19.9 Å². The van der Waals surface area contributed by atoms with Crippen LogP contribution in [0, 0.1) is 0 Å². The van der Waals surface area contributed by atoms with E-state index in [9.17, 15) is 13.2 Å². The Hall–Kier alpha value is -2.90. The highest BCUT2D eigenvalue weighted by molar-refractivity contribution is 7.89. The molecule has 0 radical (unpaired) electrons. The van der Waals surface area contributed by atoms with Gasteiger partial charge in [0.1, 0.15) is 0 Å². The van der Waals surface area contributed by atoms with E-state index in [0.29, 0.717) is 11.3 Å². The third-order valence-corrected chi connectivity index (χ3v) is 5.44. The predicted molar refractivity (Wildman–Crippen MR) is 104 cm³/mol. The minimum Gasteiger partial charge on any atom is -0.459 e. The van der Waals surface area contributed by atoms with Gasteiger partial charge in [-0.1, -0.05) is 30.3 Å². The second kappa shape index (κ2) is 7.77. The van der Waals surface area contributed by atoms with Gasteiger partial charge in [-0.05, 0) is 49.7 Å². The fourth-order valence-corrected chi connectivity index (χ4v) is 3.86. The minimum absolute atomic E-state index is 0.136. The molecule has 0 saturated heterocycles. The standard InChI is InChI=1S/C20H20N2O4S/c1-14(2)22-27(24,25)17-10-8-16(9-11-17)21-20(23)19-18(12-13-26-19)15-6-4-3-5-7-15/h3-14,22H,1-2H3,(H,21,23). The van der Waals surface area contributed by atoms with Crippen LogP contribution in [0.25, 0.3) is 11.1 Å². The first-order valence-corrected chi connectivity index (χ1v) is 9.92. The molecule has 140 valence electrons. The lowest BCUT2D eigenvalue weighted by Gasteiger charge is -2.10. The van der Waals surface area contributed by atoms with Crippen molar-refractivity contribution in [3.8, 4) is 11.1 Å². The molecule has 0 bridgehead atoms. The van der Waals surface area contributed by atoms with Gasteiger partial charge in [0, 0.05) is 17.3 Å². The maximum atomic E-state index is 12.6. The van der Waals surface area contributed by atoms with Crippen molar-refractivity contribution < 1.29 is 17.6 Å². The molecule has 0 saturated carbocycles. The summed E-state index contributed by atoms with van der Waals surface area (Å²) in [5.41, 5.74) is 2.03. The largest absolute Gasteiger partial charge is 0.459 e. The SMILES string of the molecule is CC(C)NS(=O)(=O)c1ccc(NC(=O)c2occc2-c2ccccc2)cc1. The topological polar surface area (TPSA) is 88.4 Å². The lowest BCUT2D eigenvalue weighted by atomic mass is 10.1.